The van der Waals surface area contributed by atoms with E-state index in [4.69, 9.17) is 0 Å². The summed E-state index contributed by atoms with van der Waals surface area (Å²) in [5, 5.41) is 3.29. The van der Waals surface area contributed by atoms with Crippen molar-refractivity contribution in [2.75, 3.05) is 20.1 Å². The second kappa shape index (κ2) is 3.23. The van der Waals surface area contributed by atoms with E-state index in [9.17, 15) is 4.79 Å². The number of rotatable bonds is 2. The van der Waals surface area contributed by atoms with Crippen LogP contribution in [0, 0.1) is 11.3 Å². The molecule has 1 saturated carbocycles. The summed E-state index contributed by atoms with van der Waals surface area (Å²) in [6, 6.07) is 0.430. The van der Waals surface area contributed by atoms with E-state index in [1.165, 1.54) is 0 Å². The van der Waals surface area contributed by atoms with Gasteiger partial charge in [-0.15, -0.1) is 0 Å². The Labute approximate surface area is 85.8 Å². The lowest BCUT2D eigenvalue weighted by molar-refractivity contribution is -0.133. The van der Waals surface area contributed by atoms with Crippen molar-refractivity contribution in [2.24, 2.45) is 11.3 Å². The maximum absolute atomic E-state index is 12.0. The summed E-state index contributed by atoms with van der Waals surface area (Å²) in [5.41, 5.74) is 0.261. The van der Waals surface area contributed by atoms with Crippen molar-refractivity contribution in [3.8, 4) is 0 Å². The number of carbonyl (C=O) groups is 1. The van der Waals surface area contributed by atoms with Crippen molar-refractivity contribution in [3.63, 3.8) is 0 Å². The molecule has 1 aliphatic heterocycles. The van der Waals surface area contributed by atoms with Crippen LogP contribution >= 0.6 is 0 Å². The quantitative estimate of drug-likeness (QED) is 0.710. The molecule has 0 spiro atoms. The van der Waals surface area contributed by atoms with Crippen LogP contribution in [-0.4, -0.2) is 37.0 Å². The third-order valence-corrected chi connectivity index (χ3v) is 3.74. The molecule has 0 aromatic heterocycles. The summed E-state index contributed by atoms with van der Waals surface area (Å²) >= 11 is 0. The predicted octanol–water partition coefficient (Wildman–Crippen LogP) is 0.853. The lowest BCUT2D eigenvalue weighted by Gasteiger charge is -2.24. The van der Waals surface area contributed by atoms with E-state index in [0.717, 1.165) is 25.9 Å². The smallest absolute Gasteiger partial charge is 0.226 e. The molecular weight excluding hydrogens is 176 g/mol. The van der Waals surface area contributed by atoms with E-state index in [1.807, 2.05) is 11.9 Å². The zero-order valence-electron chi connectivity index (χ0n) is 9.34. The molecule has 80 valence electrons. The Kier molecular flexibility index (Phi) is 2.30. The van der Waals surface area contributed by atoms with Crippen LogP contribution in [0.15, 0.2) is 0 Å². The Morgan fingerprint density at radius 1 is 1.50 bits per heavy atom. The van der Waals surface area contributed by atoms with Gasteiger partial charge in [0.1, 0.15) is 0 Å². The number of nitrogens with zero attached hydrogens (tertiary/aromatic N) is 1. The molecule has 14 heavy (non-hydrogen) atoms. The van der Waals surface area contributed by atoms with Gasteiger partial charge in [-0.25, -0.2) is 0 Å². The average Bonchev–Trinajstić information content (AvgIpc) is 2.60. The first-order chi connectivity index (χ1) is 6.52. The molecule has 2 atom stereocenters. The molecule has 0 aromatic rings. The zero-order chi connectivity index (χ0) is 10.3. The number of carbonyl (C=O) groups excluding carboxylic acids is 1. The minimum absolute atomic E-state index is 0.261. The first-order valence-corrected chi connectivity index (χ1v) is 5.50. The average molecular weight is 196 g/mol. The van der Waals surface area contributed by atoms with E-state index in [0.29, 0.717) is 11.9 Å². The highest BCUT2D eigenvalue weighted by Gasteiger charge is 2.52. The van der Waals surface area contributed by atoms with Gasteiger partial charge < -0.3 is 10.2 Å². The van der Waals surface area contributed by atoms with Gasteiger partial charge in [0.25, 0.3) is 0 Å². The molecule has 0 radical (unpaired) electrons. The molecule has 1 amide bonds. The first-order valence-electron chi connectivity index (χ1n) is 5.50. The van der Waals surface area contributed by atoms with Crippen LogP contribution in [0.1, 0.15) is 26.7 Å². The fourth-order valence-electron chi connectivity index (χ4n) is 2.28. The monoisotopic (exact) mass is 196 g/mol. The molecule has 0 aromatic carbocycles. The largest absolute Gasteiger partial charge is 0.341 e. The van der Waals surface area contributed by atoms with Crippen molar-refractivity contribution in [1.29, 1.82) is 0 Å². The van der Waals surface area contributed by atoms with E-state index in [2.05, 4.69) is 19.2 Å². The maximum Gasteiger partial charge on any atom is 0.226 e. The summed E-state index contributed by atoms with van der Waals surface area (Å²) in [6.45, 7) is 6.37. The van der Waals surface area contributed by atoms with Crippen molar-refractivity contribution in [3.05, 3.63) is 0 Å². The second-order valence-corrected chi connectivity index (χ2v) is 5.34. The third kappa shape index (κ3) is 1.65. The number of amides is 1. The van der Waals surface area contributed by atoms with E-state index < -0.39 is 0 Å². The van der Waals surface area contributed by atoms with Gasteiger partial charge in [-0.3, -0.25) is 4.79 Å². The molecule has 1 saturated heterocycles. The van der Waals surface area contributed by atoms with E-state index >= 15 is 0 Å². The predicted molar refractivity (Wildman–Crippen MR) is 55.9 cm³/mol. The molecule has 1 heterocycles. The van der Waals surface area contributed by atoms with Gasteiger partial charge in [-0.1, -0.05) is 13.8 Å². The molecule has 0 bridgehead atoms. The highest BCUT2D eigenvalue weighted by molar-refractivity contribution is 5.82. The van der Waals surface area contributed by atoms with Gasteiger partial charge in [0.05, 0.1) is 0 Å². The standard InChI is InChI=1S/C11H20N2O/c1-11(2)6-9(11)10(14)13(3)8-4-5-12-7-8/h8-9,12H,4-7H2,1-3H3/t8-,9-/m1/s1. The van der Waals surface area contributed by atoms with Crippen LogP contribution in [0.25, 0.3) is 0 Å². The fourth-order valence-corrected chi connectivity index (χ4v) is 2.28. The fraction of sp³-hybridized carbons (Fsp3) is 0.909. The second-order valence-electron chi connectivity index (χ2n) is 5.34. The van der Waals surface area contributed by atoms with Gasteiger partial charge in [-0.2, -0.15) is 0 Å². The zero-order valence-corrected chi connectivity index (χ0v) is 9.34. The Hall–Kier alpha value is -0.570. The summed E-state index contributed by atoms with van der Waals surface area (Å²) in [7, 11) is 1.95. The number of likely N-dealkylation sites (N-methyl/N-ethyl adjacent to an activating group) is 1. The molecule has 0 unspecified atom stereocenters. The SMILES string of the molecule is CN(C(=O)[C@H]1CC1(C)C)[C@@H]1CCNC1. The van der Waals surface area contributed by atoms with Crippen LogP contribution in [0.5, 0.6) is 0 Å². The number of hydrogen-bond donors (Lipinski definition) is 1. The lowest BCUT2D eigenvalue weighted by atomic mass is 10.1. The summed E-state index contributed by atoms with van der Waals surface area (Å²) < 4.78 is 0. The van der Waals surface area contributed by atoms with E-state index in [-0.39, 0.29) is 11.3 Å². The first kappa shape index (κ1) is 9.97. The molecule has 1 aliphatic carbocycles. The van der Waals surface area contributed by atoms with Crippen LogP contribution < -0.4 is 5.32 Å². The minimum Gasteiger partial charge on any atom is -0.341 e. The number of nitrogens with one attached hydrogen (secondary N) is 1. The van der Waals surface area contributed by atoms with Crippen molar-refractivity contribution < 1.29 is 4.79 Å². The van der Waals surface area contributed by atoms with Crippen LogP contribution in [0.2, 0.25) is 0 Å². The summed E-state index contributed by atoms with van der Waals surface area (Å²) in [4.78, 5) is 14.0. The summed E-state index contributed by atoms with van der Waals surface area (Å²) in [5.74, 6) is 0.636. The molecule has 3 heteroatoms. The molecule has 1 N–H and O–H groups in total. The Morgan fingerprint density at radius 2 is 2.14 bits per heavy atom. The molecule has 2 rings (SSSR count). The highest BCUT2D eigenvalue weighted by atomic mass is 16.2. The van der Waals surface area contributed by atoms with Crippen molar-refractivity contribution in [2.45, 2.75) is 32.7 Å². The molecular formula is C11H20N2O. The lowest BCUT2D eigenvalue weighted by Crippen LogP contribution is -2.39. The normalized spacial score (nSPS) is 34.2. The van der Waals surface area contributed by atoms with Crippen molar-refractivity contribution >= 4 is 5.91 Å². The highest BCUT2D eigenvalue weighted by Crippen LogP contribution is 2.52. The Balaban J connectivity index is 1.91. The van der Waals surface area contributed by atoms with Crippen LogP contribution in [0.4, 0.5) is 0 Å². The van der Waals surface area contributed by atoms with Gasteiger partial charge in [0.2, 0.25) is 5.91 Å². The van der Waals surface area contributed by atoms with Gasteiger partial charge in [0.15, 0.2) is 0 Å². The van der Waals surface area contributed by atoms with Crippen LogP contribution in [-0.2, 0) is 4.79 Å². The third-order valence-electron chi connectivity index (χ3n) is 3.74. The number of hydrogen-bond acceptors (Lipinski definition) is 2. The van der Waals surface area contributed by atoms with Crippen LogP contribution in [0.3, 0.4) is 0 Å². The van der Waals surface area contributed by atoms with Gasteiger partial charge >= 0.3 is 0 Å². The molecule has 2 aliphatic rings. The summed E-state index contributed by atoms with van der Waals surface area (Å²) in [6.07, 6.45) is 2.17. The Morgan fingerprint density at radius 3 is 2.57 bits per heavy atom. The van der Waals surface area contributed by atoms with Gasteiger partial charge in [0, 0.05) is 25.6 Å². The Bertz CT molecular complexity index is 244. The maximum atomic E-state index is 12.0. The topological polar surface area (TPSA) is 32.3 Å². The van der Waals surface area contributed by atoms with E-state index in [1.54, 1.807) is 0 Å². The molecule has 3 nitrogen and oxygen atoms in total. The van der Waals surface area contributed by atoms with Crippen molar-refractivity contribution in [1.82, 2.24) is 10.2 Å². The van der Waals surface area contributed by atoms with Gasteiger partial charge in [-0.05, 0) is 24.8 Å². The molecule has 2 fully saturated rings. The minimum atomic E-state index is 0.261.